The molecule has 7 heteroatoms. The second kappa shape index (κ2) is 4.33. The molecule has 15 heavy (non-hydrogen) atoms. The van der Waals surface area contributed by atoms with E-state index >= 15 is 0 Å². The normalized spacial score (nSPS) is 11.5. The molecule has 0 saturated carbocycles. The molecule has 0 saturated heterocycles. The summed E-state index contributed by atoms with van der Waals surface area (Å²) >= 11 is 0. The summed E-state index contributed by atoms with van der Waals surface area (Å²) in [5, 5.41) is 5.63. The minimum absolute atomic E-state index is 0.0577. The summed E-state index contributed by atoms with van der Waals surface area (Å²) in [5.74, 6) is -1.91. The van der Waals surface area contributed by atoms with Crippen molar-refractivity contribution in [1.82, 2.24) is 15.1 Å². The Bertz CT molecular complexity index is 345. The second-order valence-electron chi connectivity index (χ2n) is 2.95. The highest BCUT2D eigenvalue weighted by molar-refractivity contribution is 5.81. The Morgan fingerprint density at radius 1 is 1.60 bits per heavy atom. The van der Waals surface area contributed by atoms with E-state index in [9.17, 15) is 18.0 Å². The molecule has 0 aliphatic carbocycles. The number of carbonyl (C=O) groups is 1. The number of alkyl halides is 3. The van der Waals surface area contributed by atoms with Gasteiger partial charge in [-0.05, 0) is 6.07 Å². The molecule has 1 rings (SSSR count). The molecule has 0 aliphatic heterocycles. The average Bonchev–Trinajstić information content (AvgIpc) is 2.50. The van der Waals surface area contributed by atoms with Crippen molar-refractivity contribution in [2.75, 3.05) is 6.54 Å². The summed E-state index contributed by atoms with van der Waals surface area (Å²) in [5.41, 5.74) is 0.762. The molecule has 1 heterocycles. The fourth-order valence-electron chi connectivity index (χ4n) is 1.05. The lowest BCUT2D eigenvalue weighted by molar-refractivity contribution is -0.173. The van der Waals surface area contributed by atoms with Crippen LogP contribution in [0.4, 0.5) is 13.2 Å². The van der Waals surface area contributed by atoms with E-state index in [1.807, 2.05) is 0 Å². The smallest absolute Gasteiger partial charge is 0.348 e. The van der Waals surface area contributed by atoms with Gasteiger partial charge in [0.05, 0.1) is 0 Å². The van der Waals surface area contributed by atoms with Crippen LogP contribution in [0.5, 0.6) is 0 Å². The Kier molecular flexibility index (Phi) is 3.33. The molecule has 1 aromatic rings. The summed E-state index contributed by atoms with van der Waals surface area (Å²) in [6.07, 6.45) is -2.95. The Labute approximate surface area is 84.1 Å². The van der Waals surface area contributed by atoms with E-state index in [1.54, 1.807) is 29.3 Å². The van der Waals surface area contributed by atoms with Crippen molar-refractivity contribution in [2.24, 2.45) is 7.05 Å². The molecule has 0 aliphatic rings. The van der Waals surface area contributed by atoms with E-state index < -0.39 is 12.1 Å². The van der Waals surface area contributed by atoms with Crippen molar-refractivity contribution >= 4 is 5.91 Å². The van der Waals surface area contributed by atoms with Gasteiger partial charge in [0.2, 0.25) is 0 Å². The minimum atomic E-state index is -4.81. The first-order valence-electron chi connectivity index (χ1n) is 4.23. The van der Waals surface area contributed by atoms with Gasteiger partial charge in [0.25, 0.3) is 0 Å². The van der Waals surface area contributed by atoms with Gasteiger partial charge in [-0.3, -0.25) is 9.48 Å². The van der Waals surface area contributed by atoms with Gasteiger partial charge in [0.15, 0.2) is 0 Å². The van der Waals surface area contributed by atoms with Gasteiger partial charge in [0, 0.05) is 31.9 Å². The maximum absolute atomic E-state index is 11.8. The summed E-state index contributed by atoms with van der Waals surface area (Å²) < 4.78 is 36.8. The maximum Gasteiger partial charge on any atom is 0.471 e. The molecule has 84 valence electrons. The van der Waals surface area contributed by atoms with Crippen LogP contribution in [0.2, 0.25) is 0 Å². The minimum Gasteiger partial charge on any atom is -0.348 e. The quantitative estimate of drug-likeness (QED) is 0.814. The van der Waals surface area contributed by atoms with Gasteiger partial charge < -0.3 is 5.32 Å². The van der Waals surface area contributed by atoms with Crippen molar-refractivity contribution in [2.45, 2.75) is 12.6 Å². The van der Waals surface area contributed by atoms with Crippen LogP contribution >= 0.6 is 0 Å². The average molecular weight is 221 g/mol. The van der Waals surface area contributed by atoms with Crippen LogP contribution in [0, 0.1) is 0 Å². The van der Waals surface area contributed by atoms with Gasteiger partial charge in [-0.2, -0.15) is 18.3 Å². The van der Waals surface area contributed by atoms with Crippen LogP contribution in [-0.2, 0) is 18.3 Å². The molecule has 1 N–H and O–H groups in total. The summed E-state index contributed by atoms with van der Waals surface area (Å²) in [6.45, 7) is -0.0577. The standard InChI is InChI=1S/C8H10F3N3O/c1-14-6(3-5-13-14)2-4-12-7(15)8(9,10)11/h3,5H,2,4H2,1H3,(H,12,15). The third-order valence-electron chi connectivity index (χ3n) is 1.85. The summed E-state index contributed by atoms with van der Waals surface area (Å²) in [4.78, 5) is 10.4. The lowest BCUT2D eigenvalue weighted by Gasteiger charge is -2.07. The lowest BCUT2D eigenvalue weighted by atomic mass is 10.3. The van der Waals surface area contributed by atoms with Crippen molar-refractivity contribution in [3.8, 4) is 0 Å². The molecular formula is C8H10F3N3O. The number of halogens is 3. The number of hydrogen-bond acceptors (Lipinski definition) is 2. The summed E-state index contributed by atoms with van der Waals surface area (Å²) in [6, 6.07) is 1.68. The Hall–Kier alpha value is -1.53. The predicted octanol–water partition coefficient (Wildman–Crippen LogP) is 0.641. The SMILES string of the molecule is Cn1nccc1CCNC(=O)C(F)(F)F. The highest BCUT2D eigenvalue weighted by Gasteiger charge is 2.38. The molecule has 1 amide bonds. The largest absolute Gasteiger partial charge is 0.471 e. The molecule has 0 bridgehead atoms. The molecular weight excluding hydrogens is 211 g/mol. The first kappa shape index (κ1) is 11.5. The number of amides is 1. The third kappa shape index (κ3) is 3.26. The van der Waals surface area contributed by atoms with Crippen molar-refractivity contribution in [3.63, 3.8) is 0 Å². The first-order valence-corrected chi connectivity index (χ1v) is 4.23. The number of aryl methyl sites for hydroxylation is 1. The molecule has 0 unspecified atom stereocenters. The van der Waals surface area contributed by atoms with Crippen molar-refractivity contribution in [3.05, 3.63) is 18.0 Å². The third-order valence-corrected chi connectivity index (χ3v) is 1.85. The number of hydrogen-bond donors (Lipinski definition) is 1. The van der Waals surface area contributed by atoms with E-state index in [1.165, 1.54) is 0 Å². The van der Waals surface area contributed by atoms with E-state index in [0.29, 0.717) is 6.42 Å². The molecule has 0 fully saturated rings. The molecule has 4 nitrogen and oxygen atoms in total. The zero-order valence-electron chi connectivity index (χ0n) is 8.01. The highest BCUT2D eigenvalue weighted by atomic mass is 19.4. The highest BCUT2D eigenvalue weighted by Crippen LogP contribution is 2.13. The van der Waals surface area contributed by atoms with Gasteiger partial charge in [-0.25, -0.2) is 0 Å². The van der Waals surface area contributed by atoms with Crippen LogP contribution < -0.4 is 5.32 Å². The van der Waals surface area contributed by atoms with E-state index in [0.717, 1.165) is 5.69 Å². The Morgan fingerprint density at radius 3 is 2.73 bits per heavy atom. The molecule has 0 atom stereocenters. The fourth-order valence-corrected chi connectivity index (χ4v) is 1.05. The fraction of sp³-hybridized carbons (Fsp3) is 0.500. The van der Waals surface area contributed by atoms with Crippen LogP contribution in [0.3, 0.4) is 0 Å². The predicted molar refractivity (Wildman–Crippen MR) is 46.0 cm³/mol. The Balaban J connectivity index is 2.35. The van der Waals surface area contributed by atoms with Crippen molar-refractivity contribution in [1.29, 1.82) is 0 Å². The van der Waals surface area contributed by atoms with Gasteiger partial charge >= 0.3 is 12.1 Å². The maximum atomic E-state index is 11.8. The second-order valence-corrected chi connectivity index (χ2v) is 2.95. The lowest BCUT2D eigenvalue weighted by Crippen LogP contribution is -2.37. The number of nitrogens with zero attached hydrogens (tertiary/aromatic N) is 2. The molecule has 0 radical (unpaired) electrons. The molecule has 0 spiro atoms. The molecule has 1 aromatic heterocycles. The van der Waals surface area contributed by atoms with Crippen LogP contribution in [-0.4, -0.2) is 28.4 Å². The number of aromatic nitrogens is 2. The Morgan fingerprint density at radius 2 is 2.27 bits per heavy atom. The van der Waals surface area contributed by atoms with Crippen LogP contribution in [0.25, 0.3) is 0 Å². The van der Waals surface area contributed by atoms with Gasteiger partial charge in [0.1, 0.15) is 0 Å². The topological polar surface area (TPSA) is 46.9 Å². The van der Waals surface area contributed by atoms with E-state index in [4.69, 9.17) is 0 Å². The number of carbonyl (C=O) groups excluding carboxylic acids is 1. The van der Waals surface area contributed by atoms with E-state index in [2.05, 4.69) is 5.10 Å². The number of rotatable bonds is 3. The summed E-state index contributed by atoms with van der Waals surface area (Å²) in [7, 11) is 1.68. The van der Waals surface area contributed by atoms with Gasteiger partial charge in [-0.1, -0.05) is 0 Å². The number of nitrogens with one attached hydrogen (secondary N) is 1. The van der Waals surface area contributed by atoms with E-state index in [-0.39, 0.29) is 6.54 Å². The monoisotopic (exact) mass is 221 g/mol. The zero-order valence-corrected chi connectivity index (χ0v) is 8.01. The van der Waals surface area contributed by atoms with Gasteiger partial charge in [-0.15, -0.1) is 0 Å². The van der Waals surface area contributed by atoms with Crippen LogP contribution in [0.1, 0.15) is 5.69 Å². The zero-order chi connectivity index (χ0) is 11.5. The first-order chi connectivity index (χ1) is 6.91. The van der Waals surface area contributed by atoms with Crippen LogP contribution in [0.15, 0.2) is 12.3 Å². The molecule has 0 aromatic carbocycles. The van der Waals surface area contributed by atoms with Crippen molar-refractivity contribution < 1.29 is 18.0 Å².